The van der Waals surface area contributed by atoms with Crippen LogP contribution < -0.4 is 5.32 Å². The van der Waals surface area contributed by atoms with E-state index in [0.717, 1.165) is 44.5 Å². The predicted octanol–water partition coefficient (Wildman–Crippen LogP) is 2.73. The lowest BCUT2D eigenvalue weighted by atomic mass is 9.80. The molecule has 2 saturated heterocycles. The highest BCUT2D eigenvalue weighted by atomic mass is 16.3. The lowest BCUT2D eigenvalue weighted by Gasteiger charge is -2.52. The van der Waals surface area contributed by atoms with Crippen LogP contribution in [0.4, 0.5) is 0 Å². The van der Waals surface area contributed by atoms with Gasteiger partial charge in [-0.05, 0) is 49.1 Å². The third-order valence-corrected chi connectivity index (χ3v) is 6.86. The average molecular weight is 430 g/mol. The number of piperazine rings is 1. The van der Waals surface area contributed by atoms with Gasteiger partial charge in [0.25, 0.3) is 0 Å². The lowest BCUT2D eigenvalue weighted by Crippen LogP contribution is -2.73. The van der Waals surface area contributed by atoms with E-state index < -0.39 is 5.54 Å². The fourth-order valence-corrected chi connectivity index (χ4v) is 4.89. The van der Waals surface area contributed by atoms with Gasteiger partial charge in [0.05, 0.1) is 6.61 Å². The van der Waals surface area contributed by atoms with Crippen LogP contribution in [0.3, 0.4) is 0 Å². The van der Waals surface area contributed by atoms with Gasteiger partial charge < -0.3 is 20.2 Å². The van der Waals surface area contributed by atoms with E-state index in [0.29, 0.717) is 31.7 Å². The molecule has 0 unspecified atom stereocenters. The molecule has 3 rings (SSSR count). The van der Waals surface area contributed by atoms with Crippen molar-refractivity contribution in [3.63, 3.8) is 0 Å². The van der Waals surface area contributed by atoms with Gasteiger partial charge in [0.1, 0.15) is 11.6 Å². The second-order valence-electron chi connectivity index (χ2n) is 9.60. The highest BCUT2D eigenvalue weighted by Crippen LogP contribution is 2.34. The van der Waals surface area contributed by atoms with E-state index in [4.69, 9.17) is 0 Å². The number of rotatable bonds is 9. The normalized spacial score (nSPS) is 21.7. The summed E-state index contributed by atoms with van der Waals surface area (Å²) in [6, 6.07) is 7.71. The Morgan fingerprint density at radius 3 is 2.32 bits per heavy atom. The van der Waals surface area contributed by atoms with Crippen LogP contribution in [0.1, 0.15) is 64.0 Å². The monoisotopic (exact) mass is 429 g/mol. The molecule has 2 N–H and O–H groups in total. The maximum absolute atomic E-state index is 13.3. The second kappa shape index (κ2) is 10.6. The molecule has 1 aromatic carbocycles. The van der Waals surface area contributed by atoms with E-state index in [2.05, 4.69) is 43.1 Å². The van der Waals surface area contributed by atoms with Crippen molar-refractivity contribution >= 4 is 11.8 Å². The van der Waals surface area contributed by atoms with Crippen LogP contribution in [0.2, 0.25) is 0 Å². The molecule has 2 amide bonds. The number of nitrogens with zero attached hydrogens (tertiary/aromatic N) is 2. The van der Waals surface area contributed by atoms with E-state index in [1.165, 1.54) is 5.56 Å². The minimum Gasteiger partial charge on any atom is -0.392 e. The van der Waals surface area contributed by atoms with Gasteiger partial charge in [-0.3, -0.25) is 9.59 Å². The van der Waals surface area contributed by atoms with Crippen molar-refractivity contribution in [2.45, 2.75) is 77.5 Å². The zero-order chi connectivity index (χ0) is 22.4. The molecule has 6 heteroatoms. The van der Waals surface area contributed by atoms with Crippen molar-refractivity contribution in [2.75, 3.05) is 26.2 Å². The van der Waals surface area contributed by atoms with Crippen LogP contribution in [-0.4, -0.2) is 64.5 Å². The second-order valence-corrected chi connectivity index (χ2v) is 9.60. The predicted molar refractivity (Wildman–Crippen MR) is 122 cm³/mol. The first-order valence-electron chi connectivity index (χ1n) is 11.9. The lowest BCUT2D eigenvalue weighted by molar-refractivity contribution is -0.161. The molecule has 2 aliphatic rings. The highest BCUT2D eigenvalue weighted by molar-refractivity contribution is 6.00. The molecule has 6 nitrogen and oxygen atoms in total. The van der Waals surface area contributed by atoms with Gasteiger partial charge in [-0.15, -0.1) is 0 Å². The van der Waals surface area contributed by atoms with E-state index in [9.17, 15) is 14.7 Å². The Hall–Kier alpha value is -1.92. The largest absolute Gasteiger partial charge is 0.392 e. The zero-order valence-electron chi connectivity index (χ0n) is 19.4. The van der Waals surface area contributed by atoms with Crippen molar-refractivity contribution in [2.24, 2.45) is 5.92 Å². The molecule has 0 radical (unpaired) electrons. The Bertz CT molecular complexity index is 739. The number of carbonyl (C=O) groups is 2. The number of likely N-dealkylation sites (tertiary alicyclic amines) is 1. The summed E-state index contributed by atoms with van der Waals surface area (Å²) >= 11 is 0. The Balaban J connectivity index is 1.63. The van der Waals surface area contributed by atoms with Gasteiger partial charge >= 0.3 is 0 Å². The van der Waals surface area contributed by atoms with Gasteiger partial charge in [0, 0.05) is 26.2 Å². The van der Waals surface area contributed by atoms with Gasteiger partial charge in [0.2, 0.25) is 11.8 Å². The maximum atomic E-state index is 13.3. The SMILES string of the molecule is CCCCN1C(=O)[C@H](CC(C)C)NC(=O)C12CCN(CCc1ccc(CO)cc1)CC2. The van der Waals surface area contributed by atoms with Crippen molar-refractivity contribution < 1.29 is 14.7 Å². The van der Waals surface area contributed by atoms with Gasteiger partial charge in [-0.25, -0.2) is 0 Å². The van der Waals surface area contributed by atoms with Gasteiger partial charge in [0.15, 0.2) is 0 Å². The molecule has 0 bridgehead atoms. The molecule has 1 spiro atoms. The molecule has 2 fully saturated rings. The molecule has 31 heavy (non-hydrogen) atoms. The highest BCUT2D eigenvalue weighted by Gasteiger charge is 2.53. The third-order valence-electron chi connectivity index (χ3n) is 6.86. The minimum absolute atomic E-state index is 0.0492. The number of unbranched alkanes of at least 4 members (excludes halogenated alkanes) is 1. The summed E-state index contributed by atoms with van der Waals surface area (Å²) in [5.74, 6) is 0.525. The van der Waals surface area contributed by atoms with Crippen molar-refractivity contribution in [1.82, 2.24) is 15.1 Å². The smallest absolute Gasteiger partial charge is 0.246 e. The van der Waals surface area contributed by atoms with E-state index in [-0.39, 0.29) is 24.5 Å². The van der Waals surface area contributed by atoms with Crippen LogP contribution in [0, 0.1) is 5.92 Å². The fourth-order valence-electron chi connectivity index (χ4n) is 4.89. The molecule has 1 atom stereocenters. The van der Waals surface area contributed by atoms with Crippen molar-refractivity contribution in [3.8, 4) is 0 Å². The number of carbonyl (C=O) groups excluding carboxylic acids is 2. The number of aliphatic hydroxyl groups is 1. The molecule has 2 heterocycles. The number of nitrogens with one attached hydrogen (secondary N) is 1. The molecule has 0 saturated carbocycles. The molecule has 0 aromatic heterocycles. The number of hydrogen-bond donors (Lipinski definition) is 2. The van der Waals surface area contributed by atoms with Crippen molar-refractivity contribution in [3.05, 3.63) is 35.4 Å². The first-order valence-corrected chi connectivity index (χ1v) is 11.9. The summed E-state index contributed by atoms with van der Waals surface area (Å²) in [6.07, 6.45) is 4.99. The van der Waals surface area contributed by atoms with Crippen LogP contribution in [0.15, 0.2) is 24.3 Å². The van der Waals surface area contributed by atoms with E-state index >= 15 is 0 Å². The number of aliphatic hydroxyl groups excluding tert-OH is 1. The Morgan fingerprint density at radius 2 is 1.74 bits per heavy atom. The number of benzene rings is 1. The average Bonchev–Trinajstić information content (AvgIpc) is 2.77. The van der Waals surface area contributed by atoms with Crippen molar-refractivity contribution in [1.29, 1.82) is 0 Å². The van der Waals surface area contributed by atoms with Gasteiger partial charge in [-0.2, -0.15) is 0 Å². The topological polar surface area (TPSA) is 72.9 Å². The molecule has 0 aliphatic carbocycles. The molecule has 1 aromatic rings. The summed E-state index contributed by atoms with van der Waals surface area (Å²) in [6.45, 7) is 9.65. The standard InChI is InChI=1S/C25H39N3O3/c1-4-5-13-28-23(30)22(17-19(2)3)26-24(31)25(28)11-15-27(16-12-25)14-10-20-6-8-21(18-29)9-7-20/h6-9,19,22,29H,4-5,10-18H2,1-3H3,(H,26,31)/t22-/m0/s1. The summed E-state index contributed by atoms with van der Waals surface area (Å²) < 4.78 is 0. The summed E-state index contributed by atoms with van der Waals surface area (Å²) in [5.41, 5.74) is 1.50. The third kappa shape index (κ3) is 5.47. The Kier molecular flexibility index (Phi) is 8.11. The van der Waals surface area contributed by atoms with Crippen LogP contribution >= 0.6 is 0 Å². The van der Waals surface area contributed by atoms with Gasteiger partial charge in [-0.1, -0.05) is 51.5 Å². The van der Waals surface area contributed by atoms with Crippen LogP contribution in [0.5, 0.6) is 0 Å². The molecule has 172 valence electrons. The Morgan fingerprint density at radius 1 is 1.10 bits per heavy atom. The van der Waals surface area contributed by atoms with Crippen LogP contribution in [-0.2, 0) is 22.6 Å². The summed E-state index contributed by atoms with van der Waals surface area (Å²) in [5, 5.41) is 12.3. The summed E-state index contributed by atoms with van der Waals surface area (Å²) in [7, 11) is 0. The zero-order valence-corrected chi connectivity index (χ0v) is 19.4. The van der Waals surface area contributed by atoms with E-state index in [1.54, 1.807) is 0 Å². The fraction of sp³-hybridized carbons (Fsp3) is 0.680. The summed E-state index contributed by atoms with van der Waals surface area (Å²) in [4.78, 5) is 30.9. The molecule has 2 aliphatic heterocycles. The Labute approximate surface area is 187 Å². The first-order chi connectivity index (χ1) is 14.9. The minimum atomic E-state index is -0.682. The van der Waals surface area contributed by atoms with E-state index in [1.807, 2.05) is 17.0 Å². The number of amides is 2. The number of piperidine rings is 1. The molecular formula is C25H39N3O3. The maximum Gasteiger partial charge on any atom is 0.246 e. The van der Waals surface area contributed by atoms with Crippen LogP contribution in [0.25, 0.3) is 0 Å². The molecular weight excluding hydrogens is 390 g/mol. The first kappa shape index (κ1) is 23.7. The number of hydrogen-bond acceptors (Lipinski definition) is 4. The quantitative estimate of drug-likeness (QED) is 0.633.